The first kappa shape index (κ1) is 10.5. The minimum absolute atomic E-state index is 0.256. The lowest BCUT2D eigenvalue weighted by atomic mass is 10.2. The third kappa shape index (κ3) is 1.64. The van der Waals surface area contributed by atoms with Gasteiger partial charge in [0.05, 0.1) is 16.0 Å². The van der Waals surface area contributed by atoms with E-state index in [1.54, 1.807) is 0 Å². The van der Waals surface area contributed by atoms with Crippen molar-refractivity contribution in [2.45, 2.75) is 12.5 Å². The number of hydrogen-bond acceptors (Lipinski definition) is 3. The fourth-order valence-electron chi connectivity index (χ4n) is 1.95. The number of thioether (sulfide) groups is 1. The van der Waals surface area contributed by atoms with Gasteiger partial charge in [-0.15, -0.1) is 5.10 Å². The van der Waals surface area contributed by atoms with E-state index in [0.29, 0.717) is 10.5 Å². The molecule has 2 aromatic rings. The lowest BCUT2D eigenvalue weighted by Crippen LogP contribution is -2.09. The van der Waals surface area contributed by atoms with Gasteiger partial charge in [-0.25, -0.2) is 9.07 Å². The highest BCUT2D eigenvalue weighted by atomic mass is 79.9. The average Bonchev–Trinajstić information content (AvgIpc) is 2.83. The molecule has 0 amide bonds. The van der Waals surface area contributed by atoms with Crippen LogP contribution in [0.25, 0.3) is 11.0 Å². The monoisotopic (exact) mass is 301 g/mol. The Labute approximate surface area is 105 Å². The zero-order valence-corrected chi connectivity index (χ0v) is 10.8. The van der Waals surface area contributed by atoms with Gasteiger partial charge in [0.2, 0.25) is 0 Å². The van der Waals surface area contributed by atoms with Crippen LogP contribution in [0.5, 0.6) is 0 Å². The van der Waals surface area contributed by atoms with Crippen molar-refractivity contribution in [1.29, 1.82) is 0 Å². The molecule has 0 aliphatic carbocycles. The summed E-state index contributed by atoms with van der Waals surface area (Å²) in [5, 5.41) is 8.23. The van der Waals surface area contributed by atoms with E-state index < -0.39 is 0 Å². The maximum Gasteiger partial charge on any atom is 0.127 e. The number of rotatable bonds is 1. The van der Waals surface area contributed by atoms with Crippen LogP contribution in [0.3, 0.4) is 0 Å². The highest BCUT2D eigenvalue weighted by Crippen LogP contribution is 2.31. The minimum atomic E-state index is -0.256. The van der Waals surface area contributed by atoms with Crippen molar-refractivity contribution in [3.63, 3.8) is 0 Å². The number of benzene rings is 1. The standard InChI is InChI=1S/C10H9BrFN3S/c11-8-3-6(12)4-9-10(8)13-14-15(9)7-1-2-16-5-7/h3-4,7H,1-2,5H2. The maximum atomic E-state index is 13.3. The summed E-state index contributed by atoms with van der Waals surface area (Å²) in [6.07, 6.45) is 1.08. The summed E-state index contributed by atoms with van der Waals surface area (Å²) in [5.41, 5.74) is 1.51. The lowest BCUT2D eigenvalue weighted by molar-refractivity contribution is 0.500. The highest BCUT2D eigenvalue weighted by molar-refractivity contribution is 9.10. The molecule has 1 atom stereocenters. The van der Waals surface area contributed by atoms with Crippen molar-refractivity contribution >= 4 is 38.7 Å². The molecule has 0 radical (unpaired) electrons. The molecule has 0 spiro atoms. The molecule has 1 aliphatic heterocycles. The molecule has 0 saturated carbocycles. The molecular weight excluding hydrogens is 293 g/mol. The molecule has 1 saturated heterocycles. The average molecular weight is 302 g/mol. The van der Waals surface area contributed by atoms with Gasteiger partial charge in [0, 0.05) is 11.8 Å². The zero-order chi connectivity index (χ0) is 11.1. The normalized spacial score (nSPS) is 20.8. The Kier molecular flexibility index (Phi) is 2.63. The van der Waals surface area contributed by atoms with E-state index in [9.17, 15) is 4.39 Å². The van der Waals surface area contributed by atoms with Crippen LogP contribution in [-0.4, -0.2) is 26.5 Å². The van der Waals surface area contributed by atoms with Gasteiger partial charge in [-0.3, -0.25) is 0 Å². The smallest absolute Gasteiger partial charge is 0.127 e. The minimum Gasteiger partial charge on any atom is -0.241 e. The summed E-state index contributed by atoms with van der Waals surface area (Å²) >= 11 is 5.21. The maximum absolute atomic E-state index is 13.3. The van der Waals surface area contributed by atoms with E-state index >= 15 is 0 Å². The second kappa shape index (κ2) is 4.00. The molecule has 1 aromatic carbocycles. The van der Waals surface area contributed by atoms with Gasteiger partial charge in [0.25, 0.3) is 0 Å². The van der Waals surface area contributed by atoms with Gasteiger partial charge >= 0.3 is 0 Å². The molecule has 1 aromatic heterocycles. The molecular formula is C10H9BrFN3S. The molecule has 3 nitrogen and oxygen atoms in total. The van der Waals surface area contributed by atoms with Gasteiger partial charge in [-0.2, -0.15) is 11.8 Å². The lowest BCUT2D eigenvalue weighted by Gasteiger charge is -2.08. The Morgan fingerprint density at radius 1 is 1.50 bits per heavy atom. The molecule has 6 heteroatoms. The summed E-state index contributed by atoms with van der Waals surface area (Å²) in [6, 6.07) is 3.28. The first-order chi connectivity index (χ1) is 7.75. The Balaban J connectivity index is 2.18. The van der Waals surface area contributed by atoms with Crippen molar-refractivity contribution in [3.05, 3.63) is 22.4 Å². The van der Waals surface area contributed by atoms with Crippen LogP contribution in [0, 0.1) is 5.82 Å². The Hall–Kier alpha value is -0.620. The number of hydrogen-bond donors (Lipinski definition) is 0. The molecule has 84 valence electrons. The predicted molar refractivity (Wildman–Crippen MR) is 66.2 cm³/mol. The van der Waals surface area contributed by atoms with E-state index in [0.717, 1.165) is 29.0 Å². The van der Waals surface area contributed by atoms with Gasteiger partial charge in [0.1, 0.15) is 11.3 Å². The SMILES string of the molecule is Fc1cc(Br)c2nnn(C3CCSC3)c2c1. The van der Waals surface area contributed by atoms with Crippen LogP contribution >= 0.6 is 27.7 Å². The predicted octanol–water partition coefficient (Wildman–Crippen LogP) is 3.01. The highest BCUT2D eigenvalue weighted by Gasteiger charge is 2.21. The summed E-state index contributed by atoms with van der Waals surface area (Å²) in [7, 11) is 0. The second-order valence-corrected chi connectivity index (χ2v) is 5.81. The van der Waals surface area contributed by atoms with Crippen LogP contribution in [0.15, 0.2) is 16.6 Å². The Morgan fingerprint density at radius 3 is 3.12 bits per heavy atom. The Bertz CT molecular complexity index is 536. The van der Waals surface area contributed by atoms with Crippen LogP contribution in [0.2, 0.25) is 0 Å². The molecule has 1 aliphatic rings. The fraction of sp³-hybridized carbons (Fsp3) is 0.400. The van der Waals surface area contributed by atoms with Crippen LogP contribution in [0.1, 0.15) is 12.5 Å². The molecule has 16 heavy (non-hydrogen) atoms. The molecule has 3 rings (SSSR count). The van der Waals surface area contributed by atoms with Crippen LogP contribution in [-0.2, 0) is 0 Å². The number of fused-ring (bicyclic) bond motifs is 1. The zero-order valence-electron chi connectivity index (χ0n) is 8.36. The van der Waals surface area contributed by atoms with Crippen molar-refractivity contribution in [2.75, 3.05) is 11.5 Å². The van der Waals surface area contributed by atoms with Crippen molar-refractivity contribution < 1.29 is 4.39 Å². The first-order valence-corrected chi connectivity index (χ1v) is 6.98. The molecule has 2 heterocycles. The summed E-state index contributed by atoms with van der Waals surface area (Å²) in [5.74, 6) is 1.92. The molecule has 1 fully saturated rings. The largest absolute Gasteiger partial charge is 0.241 e. The summed E-state index contributed by atoms with van der Waals surface area (Å²) < 4.78 is 15.9. The third-order valence-electron chi connectivity index (χ3n) is 2.75. The quantitative estimate of drug-likeness (QED) is 0.811. The molecule has 1 unspecified atom stereocenters. The van der Waals surface area contributed by atoms with Crippen molar-refractivity contribution in [1.82, 2.24) is 15.0 Å². The van der Waals surface area contributed by atoms with E-state index in [2.05, 4.69) is 26.2 Å². The van der Waals surface area contributed by atoms with E-state index in [4.69, 9.17) is 0 Å². The van der Waals surface area contributed by atoms with Gasteiger partial charge in [-0.1, -0.05) is 5.21 Å². The summed E-state index contributed by atoms with van der Waals surface area (Å²) in [4.78, 5) is 0. The van der Waals surface area contributed by atoms with Crippen molar-refractivity contribution in [3.8, 4) is 0 Å². The molecule has 0 bridgehead atoms. The number of halogens is 2. The second-order valence-electron chi connectivity index (χ2n) is 3.81. The van der Waals surface area contributed by atoms with Gasteiger partial charge < -0.3 is 0 Å². The third-order valence-corrected chi connectivity index (χ3v) is 4.50. The van der Waals surface area contributed by atoms with E-state index in [1.807, 2.05) is 16.4 Å². The van der Waals surface area contributed by atoms with E-state index in [1.165, 1.54) is 12.1 Å². The summed E-state index contributed by atoms with van der Waals surface area (Å²) in [6.45, 7) is 0. The fourth-order valence-corrected chi connectivity index (χ4v) is 3.64. The molecule has 0 N–H and O–H groups in total. The van der Waals surface area contributed by atoms with Crippen molar-refractivity contribution in [2.24, 2.45) is 0 Å². The van der Waals surface area contributed by atoms with Crippen LogP contribution < -0.4 is 0 Å². The number of nitrogens with zero attached hydrogens (tertiary/aromatic N) is 3. The topological polar surface area (TPSA) is 30.7 Å². The number of aromatic nitrogens is 3. The Morgan fingerprint density at radius 2 is 2.38 bits per heavy atom. The van der Waals surface area contributed by atoms with E-state index in [-0.39, 0.29) is 5.82 Å². The first-order valence-electron chi connectivity index (χ1n) is 5.03. The van der Waals surface area contributed by atoms with Gasteiger partial charge in [-0.05, 0) is 34.2 Å². The van der Waals surface area contributed by atoms with Crippen LogP contribution in [0.4, 0.5) is 4.39 Å². The van der Waals surface area contributed by atoms with Gasteiger partial charge in [0.15, 0.2) is 0 Å².